The van der Waals surface area contributed by atoms with Gasteiger partial charge in [-0.15, -0.1) is 0 Å². The molecule has 0 spiro atoms. The standard InChI is InChI=1S/C14H23BrO4/c1-3-5-7-9-18-13(16)11-12(15)14(17)19-10-8-6-4-2/h11H,3-10H2,1-2H3. The Labute approximate surface area is 123 Å². The van der Waals surface area contributed by atoms with Crippen LogP contribution in [0.15, 0.2) is 10.6 Å². The summed E-state index contributed by atoms with van der Waals surface area (Å²) in [7, 11) is 0. The highest BCUT2D eigenvalue weighted by atomic mass is 79.9. The summed E-state index contributed by atoms with van der Waals surface area (Å²) in [4.78, 5) is 22.8. The average Bonchev–Trinajstić information content (AvgIpc) is 2.39. The van der Waals surface area contributed by atoms with Crippen molar-refractivity contribution in [2.45, 2.75) is 52.4 Å². The molecule has 19 heavy (non-hydrogen) atoms. The van der Waals surface area contributed by atoms with Gasteiger partial charge in [-0.2, -0.15) is 0 Å². The fourth-order valence-corrected chi connectivity index (χ4v) is 1.62. The summed E-state index contributed by atoms with van der Waals surface area (Å²) in [6, 6.07) is 0. The van der Waals surface area contributed by atoms with Crippen molar-refractivity contribution in [3.05, 3.63) is 10.6 Å². The van der Waals surface area contributed by atoms with E-state index in [-0.39, 0.29) is 4.48 Å². The highest BCUT2D eigenvalue weighted by Gasteiger charge is 2.10. The smallest absolute Gasteiger partial charge is 0.345 e. The van der Waals surface area contributed by atoms with Gasteiger partial charge < -0.3 is 9.47 Å². The Kier molecular flexibility index (Phi) is 11.7. The molecule has 0 fully saturated rings. The minimum atomic E-state index is -0.526. The second-order valence-electron chi connectivity index (χ2n) is 4.21. The van der Waals surface area contributed by atoms with Crippen LogP contribution in [0.4, 0.5) is 0 Å². The zero-order valence-electron chi connectivity index (χ0n) is 11.7. The number of unbranched alkanes of at least 4 members (excludes halogenated alkanes) is 4. The number of halogens is 1. The van der Waals surface area contributed by atoms with Crippen LogP contribution in [0.5, 0.6) is 0 Å². The molecule has 0 saturated carbocycles. The highest BCUT2D eigenvalue weighted by Crippen LogP contribution is 2.09. The van der Waals surface area contributed by atoms with Crippen LogP contribution in [-0.4, -0.2) is 25.2 Å². The quantitative estimate of drug-likeness (QED) is 0.347. The lowest BCUT2D eigenvalue weighted by Crippen LogP contribution is -2.09. The second kappa shape index (κ2) is 12.2. The third kappa shape index (κ3) is 10.7. The molecule has 4 nitrogen and oxygen atoms in total. The molecule has 0 aliphatic carbocycles. The molecule has 0 aliphatic heterocycles. The minimum absolute atomic E-state index is 0.101. The van der Waals surface area contributed by atoms with Crippen molar-refractivity contribution in [1.29, 1.82) is 0 Å². The Morgan fingerprint density at radius 3 is 2.00 bits per heavy atom. The second-order valence-corrected chi connectivity index (χ2v) is 5.06. The number of carbonyl (C=O) groups excluding carboxylic acids is 2. The van der Waals surface area contributed by atoms with Gasteiger partial charge in [0.2, 0.25) is 0 Å². The molecule has 0 aromatic heterocycles. The minimum Gasteiger partial charge on any atom is -0.462 e. The van der Waals surface area contributed by atoms with Gasteiger partial charge in [-0.25, -0.2) is 9.59 Å². The van der Waals surface area contributed by atoms with Crippen LogP contribution in [0, 0.1) is 0 Å². The molecule has 0 aliphatic rings. The molecule has 0 unspecified atom stereocenters. The Morgan fingerprint density at radius 1 is 0.947 bits per heavy atom. The first-order valence-electron chi connectivity index (χ1n) is 6.82. The van der Waals surface area contributed by atoms with Crippen molar-refractivity contribution in [1.82, 2.24) is 0 Å². The topological polar surface area (TPSA) is 52.6 Å². The summed E-state index contributed by atoms with van der Waals surface area (Å²) in [5.41, 5.74) is 0. The van der Waals surface area contributed by atoms with E-state index in [1.54, 1.807) is 0 Å². The highest BCUT2D eigenvalue weighted by molar-refractivity contribution is 9.12. The third-order valence-electron chi connectivity index (χ3n) is 2.41. The number of hydrogen-bond donors (Lipinski definition) is 0. The van der Waals surface area contributed by atoms with Gasteiger partial charge in [0.15, 0.2) is 0 Å². The van der Waals surface area contributed by atoms with Crippen molar-refractivity contribution in [2.24, 2.45) is 0 Å². The maximum absolute atomic E-state index is 11.5. The van der Waals surface area contributed by atoms with Crippen molar-refractivity contribution >= 4 is 27.9 Å². The zero-order chi connectivity index (χ0) is 14.5. The van der Waals surface area contributed by atoms with Crippen LogP contribution in [0.3, 0.4) is 0 Å². The zero-order valence-corrected chi connectivity index (χ0v) is 13.3. The first kappa shape index (κ1) is 18.2. The van der Waals surface area contributed by atoms with E-state index in [0.717, 1.165) is 44.6 Å². The number of esters is 2. The number of ether oxygens (including phenoxy) is 2. The molecule has 0 aromatic rings. The van der Waals surface area contributed by atoms with E-state index < -0.39 is 11.9 Å². The van der Waals surface area contributed by atoms with Crippen LogP contribution in [0.25, 0.3) is 0 Å². The molecule has 0 bridgehead atoms. The molecular formula is C14H23BrO4. The van der Waals surface area contributed by atoms with Crippen molar-refractivity contribution < 1.29 is 19.1 Å². The van der Waals surface area contributed by atoms with Gasteiger partial charge in [0, 0.05) is 6.08 Å². The fraction of sp³-hybridized carbons (Fsp3) is 0.714. The molecule has 0 amide bonds. The third-order valence-corrected chi connectivity index (χ3v) is 2.97. The van der Waals surface area contributed by atoms with Crippen LogP contribution in [-0.2, 0) is 19.1 Å². The largest absolute Gasteiger partial charge is 0.462 e. The molecule has 0 saturated heterocycles. The van der Waals surface area contributed by atoms with E-state index in [1.165, 1.54) is 0 Å². The van der Waals surface area contributed by atoms with Gasteiger partial charge in [0.25, 0.3) is 0 Å². The lowest BCUT2D eigenvalue weighted by molar-refractivity contribution is -0.140. The molecular weight excluding hydrogens is 312 g/mol. The van der Waals surface area contributed by atoms with Gasteiger partial charge in [-0.05, 0) is 28.8 Å². The molecule has 110 valence electrons. The van der Waals surface area contributed by atoms with E-state index in [2.05, 4.69) is 29.8 Å². The Morgan fingerprint density at radius 2 is 1.47 bits per heavy atom. The van der Waals surface area contributed by atoms with Crippen LogP contribution in [0.1, 0.15) is 52.4 Å². The van der Waals surface area contributed by atoms with E-state index in [0.29, 0.717) is 13.2 Å². The van der Waals surface area contributed by atoms with E-state index in [1.807, 2.05) is 0 Å². The predicted octanol–water partition coefficient (Wildman–Crippen LogP) is 3.73. The molecule has 0 N–H and O–H groups in total. The Hall–Kier alpha value is -0.840. The normalized spacial score (nSPS) is 11.2. The first-order chi connectivity index (χ1) is 9.11. The number of rotatable bonds is 10. The molecule has 0 heterocycles. The summed E-state index contributed by atoms with van der Waals surface area (Å²) >= 11 is 3.02. The van der Waals surface area contributed by atoms with Crippen molar-refractivity contribution in [3.63, 3.8) is 0 Å². The Balaban J connectivity index is 3.88. The van der Waals surface area contributed by atoms with Gasteiger partial charge >= 0.3 is 11.9 Å². The van der Waals surface area contributed by atoms with Gasteiger partial charge in [-0.1, -0.05) is 39.5 Å². The fourth-order valence-electron chi connectivity index (χ4n) is 1.31. The van der Waals surface area contributed by atoms with Gasteiger partial charge in [0.05, 0.1) is 13.2 Å². The number of hydrogen-bond acceptors (Lipinski definition) is 4. The average molecular weight is 335 g/mol. The summed E-state index contributed by atoms with van der Waals surface area (Å²) in [6.45, 7) is 4.91. The summed E-state index contributed by atoms with van der Waals surface area (Å²) in [6.07, 6.45) is 6.98. The van der Waals surface area contributed by atoms with Crippen LogP contribution < -0.4 is 0 Å². The van der Waals surface area contributed by atoms with E-state index in [4.69, 9.17) is 9.47 Å². The maximum Gasteiger partial charge on any atom is 0.345 e. The molecule has 0 rings (SSSR count). The van der Waals surface area contributed by atoms with Crippen molar-refractivity contribution in [3.8, 4) is 0 Å². The van der Waals surface area contributed by atoms with E-state index in [9.17, 15) is 9.59 Å². The molecule has 0 aromatic carbocycles. The van der Waals surface area contributed by atoms with Crippen LogP contribution >= 0.6 is 15.9 Å². The first-order valence-corrected chi connectivity index (χ1v) is 7.62. The number of carbonyl (C=O) groups is 2. The monoisotopic (exact) mass is 334 g/mol. The Bertz CT molecular complexity index is 300. The predicted molar refractivity (Wildman–Crippen MR) is 78.0 cm³/mol. The van der Waals surface area contributed by atoms with E-state index >= 15 is 0 Å². The van der Waals surface area contributed by atoms with Gasteiger partial charge in [-0.3, -0.25) is 0 Å². The van der Waals surface area contributed by atoms with Crippen LogP contribution in [0.2, 0.25) is 0 Å². The summed E-state index contributed by atoms with van der Waals surface area (Å²) in [5, 5.41) is 0. The molecule has 0 atom stereocenters. The molecule has 0 radical (unpaired) electrons. The maximum atomic E-state index is 11.5. The lowest BCUT2D eigenvalue weighted by Gasteiger charge is -2.04. The van der Waals surface area contributed by atoms with Crippen molar-refractivity contribution in [2.75, 3.05) is 13.2 Å². The molecule has 5 heteroatoms. The summed E-state index contributed by atoms with van der Waals surface area (Å²) in [5.74, 6) is -1.05. The summed E-state index contributed by atoms with van der Waals surface area (Å²) < 4.78 is 10.0. The van der Waals surface area contributed by atoms with Gasteiger partial charge in [0.1, 0.15) is 4.48 Å². The lowest BCUT2D eigenvalue weighted by atomic mass is 10.3. The SMILES string of the molecule is CCCCCOC(=O)C=C(Br)C(=O)OCCCCC.